The molecule has 1 amide bonds. The fourth-order valence-corrected chi connectivity index (χ4v) is 1.91. The number of carboxylic acid groups (broad SMARTS) is 1. The molecule has 1 aromatic heterocycles. The van der Waals surface area contributed by atoms with E-state index in [4.69, 9.17) is 0 Å². The first-order valence-corrected chi connectivity index (χ1v) is 6.46. The normalized spacial score (nSPS) is 13.1. The predicted octanol–water partition coefficient (Wildman–Crippen LogP) is 2.13. The summed E-state index contributed by atoms with van der Waals surface area (Å²) in [6.45, 7) is 8.13. The number of aliphatic carboxylic acids is 1. The molecule has 0 fully saturated rings. The second-order valence-corrected chi connectivity index (χ2v) is 5.70. The third kappa shape index (κ3) is 3.84. The van der Waals surface area contributed by atoms with E-state index in [1.807, 2.05) is 17.7 Å². The lowest BCUT2D eigenvalue weighted by Crippen LogP contribution is -2.49. The number of rotatable bonds is 5. The van der Waals surface area contributed by atoms with Crippen LogP contribution in [0, 0.1) is 5.41 Å². The van der Waals surface area contributed by atoms with Gasteiger partial charge in [0, 0.05) is 12.7 Å². The van der Waals surface area contributed by atoms with Crippen molar-refractivity contribution in [3.63, 3.8) is 0 Å². The van der Waals surface area contributed by atoms with Crippen LogP contribution in [0.1, 0.15) is 44.6 Å². The summed E-state index contributed by atoms with van der Waals surface area (Å²) >= 11 is 0. The molecule has 0 saturated carbocycles. The largest absolute Gasteiger partial charge is 0.480 e. The van der Waals surface area contributed by atoms with Crippen LogP contribution in [-0.4, -0.2) is 27.6 Å². The summed E-state index contributed by atoms with van der Waals surface area (Å²) in [4.78, 5) is 23.4. The molecule has 5 heteroatoms. The van der Waals surface area contributed by atoms with Gasteiger partial charge < -0.3 is 15.0 Å². The van der Waals surface area contributed by atoms with Crippen molar-refractivity contribution in [1.82, 2.24) is 9.88 Å². The third-order valence-corrected chi connectivity index (χ3v) is 2.92. The van der Waals surface area contributed by atoms with E-state index in [1.165, 1.54) is 0 Å². The van der Waals surface area contributed by atoms with Crippen molar-refractivity contribution in [2.24, 2.45) is 5.41 Å². The van der Waals surface area contributed by atoms with Crippen molar-refractivity contribution in [2.75, 3.05) is 0 Å². The molecule has 5 nitrogen and oxygen atoms in total. The summed E-state index contributed by atoms with van der Waals surface area (Å²) in [6.07, 6.45) is 2.74. The van der Waals surface area contributed by atoms with E-state index in [0.29, 0.717) is 5.69 Å². The highest BCUT2D eigenvalue weighted by atomic mass is 16.4. The number of carboxylic acids is 1. The van der Waals surface area contributed by atoms with Crippen LogP contribution in [0.3, 0.4) is 0 Å². The molecule has 0 aliphatic heterocycles. The number of nitrogens with zero attached hydrogens (tertiary/aromatic N) is 1. The predicted molar refractivity (Wildman–Crippen MR) is 73.1 cm³/mol. The first-order valence-electron chi connectivity index (χ1n) is 6.46. The summed E-state index contributed by atoms with van der Waals surface area (Å²) in [7, 11) is 0. The van der Waals surface area contributed by atoms with Crippen LogP contribution in [0.4, 0.5) is 0 Å². The Hall–Kier alpha value is -1.78. The first kappa shape index (κ1) is 15.3. The number of amides is 1. The SMILES string of the molecule is CCCn1cccc1C(=O)NC(C(=O)O)C(C)(C)C. The fourth-order valence-electron chi connectivity index (χ4n) is 1.91. The highest BCUT2D eigenvalue weighted by molar-refractivity contribution is 5.95. The molecule has 0 radical (unpaired) electrons. The Morgan fingerprint density at radius 3 is 2.53 bits per heavy atom. The fraction of sp³-hybridized carbons (Fsp3) is 0.571. The van der Waals surface area contributed by atoms with Crippen LogP contribution in [0.25, 0.3) is 0 Å². The Kier molecular flexibility index (Phi) is 4.75. The Balaban J connectivity index is 2.88. The Morgan fingerprint density at radius 1 is 1.42 bits per heavy atom. The molecule has 0 aliphatic rings. The van der Waals surface area contributed by atoms with Crippen molar-refractivity contribution in [2.45, 2.75) is 46.7 Å². The van der Waals surface area contributed by atoms with Gasteiger partial charge in [-0.15, -0.1) is 0 Å². The second kappa shape index (κ2) is 5.91. The lowest BCUT2D eigenvalue weighted by Gasteiger charge is -2.27. The molecular weight excluding hydrogens is 244 g/mol. The highest BCUT2D eigenvalue weighted by Crippen LogP contribution is 2.20. The topological polar surface area (TPSA) is 71.3 Å². The Labute approximate surface area is 113 Å². The molecule has 0 spiro atoms. The minimum atomic E-state index is -1.02. The third-order valence-electron chi connectivity index (χ3n) is 2.92. The number of carbonyl (C=O) groups is 2. The maximum absolute atomic E-state index is 12.2. The molecule has 0 bridgehead atoms. The van der Waals surface area contributed by atoms with Gasteiger partial charge in [-0.3, -0.25) is 4.79 Å². The van der Waals surface area contributed by atoms with Crippen LogP contribution in [0.15, 0.2) is 18.3 Å². The lowest BCUT2D eigenvalue weighted by atomic mass is 9.86. The van der Waals surface area contributed by atoms with Gasteiger partial charge in [0.2, 0.25) is 0 Å². The molecular formula is C14H22N2O3. The van der Waals surface area contributed by atoms with E-state index in [1.54, 1.807) is 32.9 Å². The first-order chi connectivity index (χ1) is 8.77. The number of aryl methyl sites for hydroxylation is 1. The van der Waals surface area contributed by atoms with Crippen molar-refractivity contribution in [3.05, 3.63) is 24.0 Å². The number of hydrogen-bond donors (Lipinski definition) is 2. The van der Waals surface area contributed by atoms with Crippen molar-refractivity contribution in [1.29, 1.82) is 0 Å². The van der Waals surface area contributed by atoms with Gasteiger partial charge in [-0.25, -0.2) is 4.79 Å². The number of carbonyl (C=O) groups excluding carboxylic acids is 1. The minimum absolute atomic E-state index is 0.347. The number of nitrogens with one attached hydrogen (secondary N) is 1. The van der Waals surface area contributed by atoms with Gasteiger partial charge in [0.15, 0.2) is 0 Å². The summed E-state index contributed by atoms with van der Waals surface area (Å²) in [5.41, 5.74) is -0.0405. The van der Waals surface area contributed by atoms with Gasteiger partial charge >= 0.3 is 5.97 Å². The highest BCUT2D eigenvalue weighted by Gasteiger charge is 2.33. The molecule has 1 atom stereocenters. The second-order valence-electron chi connectivity index (χ2n) is 5.70. The zero-order valence-electron chi connectivity index (χ0n) is 11.9. The van der Waals surface area contributed by atoms with E-state index in [9.17, 15) is 14.7 Å². The molecule has 1 unspecified atom stereocenters. The summed E-state index contributed by atoms with van der Waals surface area (Å²) in [5.74, 6) is -1.37. The zero-order chi connectivity index (χ0) is 14.6. The van der Waals surface area contributed by atoms with Crippen LogP contribution >= 0.6 is 0 Å². The molecule has 1 heterocycles. The van der Waals surface area contributed by atoms with E-state index >= 15 is 0 Å². The summed E-state index contributed by atoms with van der Waals surface area (Å²) < 4.78 is 1.83. The summed E-state index contributed by atoms with van der Waals surface area (Å²) in [6, 6.07) is 2.58. The Bertz CT molecular complexity index is 458. The molecule has 1 aromatic rings. The smallest absolute Gasteiger partial charge is 0.326 e. The lowest BCUT2D eigenvalue weighted by molar-refractivity contribution is -0.142. The zero-order valence-corrected chi connectivity index (χ0v) is 11.9. The van der Waals surface area contributed by atoms with E-state index in [0.717, 1.165) is 13.0 Å². The van der Waals surface area contributed by atoms with E-state index in [-0.39, 0.29) is 5.91 Å². The van der Waals surface area contributed by atoms with Gasteiger partial charge in [-0.05, 0) is 24.0 Å². The molecule has 0 saturated heterocycles. The average molecular weight is 266 g/mol. The van der Waals surface area contributed by atoms with Gasteiger partial charge in [0.1, 0.15) is 11.7 Å². The minimum Gasteiger partial charge on any atom is -0.480 e. The van der Waals surface area contributed by atoms with Gasteiger partial charge in [-0.2, -0.15) is 0 Å². The van der Waals surface area contributed by atoms with Crippen LogP contribution in [-0.2, 0) is 11.3 Å². The Morgan fingerprint density at radius 2 is 2.05 bits per heavy atom. The van der Waals surface area contributed by atoms with Gasteiger partial charge in [-0.1, -0.05) is 27.7 Å². The number of aromatic nitrogens is 1. The molecule has 19 heavy (non-hydrogen) atoms. The van der Waals surface area contributed by atoms with E-state index in [2.05, 4.69) is 5.32 Å². The van der Waals surface area contributed by atoms with Crippen molar-refractivity contribution >= 4 is 11.9 Å². The van der Waals surface area contributed by atoms with Crippen molar-refractivity contribution < 1.29 is 14.7 Å². The maximum Gasteiger partial charge on any atom is 0.326 e. The molecule has 0 aliphatic carbocycles. The molecule has 2 N–H and O–H groups in total. The average Bonchev–Trinajstić information content (AvgIpc) is 2.72. The maximum atomic E-state index is 12.2. The monoisotopic (exact) mass is 266 g/mol. The molecule has 1 rings (SSSR count). The van der Waals surface area contributed by atoms with E-state index < -0.39 is 17.4 Å². The number of hydrogen-bond acceptors (Lipinski definition) is 2. The van der Waals surface area contributed by atoms with Crippen LogP contribution in [0.2, 0.25) is 0 Å². The van der Waals surface area contributed by atoms with Crippen LogP contribution < -0.4 is 5.32 Å². The van der Waals surface area contributed by atoms with Gasteiger partial charge in [0.25, 0.3) is 5.91 Å². The standard InChI is InChI=1S/C14H22N2O3/c1-5-8-16-9-6-7-10(16)12(17)15-11(13(18)19)14(2,3)4/h6-7,9,11H,5,8H2,1-4H3,(H,15,17)(H,18,19). The molecule has 0 aromatic carbocycles. The summed E-state index contributed by atoms with van der Waals surface area (Å²) in [5, 5.41) is 11.8. The molecule has 106 valence electrons. The van der Waals surface area contributed by atoms with Crippen molar-refractivity contribution in [3.8, 4) is 0 Å². The van der Waals surface area contributed by atoms with Crippen LogP contribution in [0.5, 0.6) is 0 Å². The quantitative estimate of drug-likeness (QED) is 0.857. The van der Waals surface area contributed by atoms with Gasteiger partial charge in [0.05, 0.1) is 0 Å².